The highest BCUT2D eigenvalue weighted by Gasteiger charge is 2.31. The fourth-order valence-electron chi connectivity index (χ4n) is 4.87. The summed E-state index contributed by atoms with van der Waals surface area (Å²) in [6.45, 7) is 3.54. The molecule has 1 fully saturated rings. The number of nitrogens with zero attached hydrogens (tertiary/aromatic N) is 5. The lowest BCUT2D eigenvalue weighted by molar-refractivity contribution is -0.274. The van der Waals surface area contributed by atoms with Crippen LogP contribution < -0.4 is 15.0 Å². The molecule has 0 bridgehead atoms. The molecule has 1 aromatic heterocycles. The van der Waals surface area contributed by atoms with Crippen molar-refractivity contribution in [3.05, 3.63) is 90.3 Å². The Labute approximate surface area is 258 Å². The number of rotatable bonds is 10. The highest BCUT2D eigenvalue weighted by molar-refractivity contribution is 8.14. The lowest BCUT2D eigenvalue weighted by atomic mass is 10.1. The van der Waals surface area contributed by atoms with Gasteiger partial charge in [-0.05, 0) is 73.6 Å². The standard InChI is InChI=1S/C32H33F3N6O2S/c1-2-24-9-3-4-10-28(24)40-20-7-21-44-31(40)38-30(42)36-19-6-5-8-23-11-13-25(14-12-23)29-37-22-41(39-29)26-15-17-27(18-16-26)43-32(33,34)35/h3-4,9-18,22H,2,5-8,19-21H2,1H3,(H,36,42)/b38-31-. The minimum absolute atomic E-state index is 0.298. The number of amidine groups is 1. The number of thioether (sulfide) groups is 1. The second-order valence-corrected chi connectivity index (χ2v) is 11.2. The Morgan fingerprint density at radius 2 is 1.82 bits per heavy atom. The number of alkyl halides is 3. The van der Waals surface area contributed by atoms with Crippen molar-refractivity contribution in [1.29, 1.82) is 0 Å². The van der Waals surface area contributed by atoms with Gasteiger partial charge in [-0.3, -0.25) is 0 Å². The normalized spacial score (nSPS) is 14.5. The molecule has 0 spiro atoms. The predicted octanol–water partition coefficient (Wildman–Crippen LogP) is 7.43. The zero-order chi connectivity index (χ0) is 30.9. The number of amides is 2. The molecule has 1 saturated heterocycles. The van der Waals surface area contributed by atoms with Crippen LogP contribution in [0.25, 0.3) is 17.1 Å². The van der Waals surface area contributed by atoms with E-state index in [9.17, 15) is 18.0 Å². The van der Waals surface area contributed by atoms with Crippen LogP contribution in [-0.2, 0) is 12.8 Å². The van der Waals surface area contributed by atoms with Crippen LogP contribution in [-0.4, -0.2) is 51.2 Å². The SMILES string of the molecule is CCc1ccccc1N1CCCS/C1=N\C(=O)NCCCCc1ccc(-c2ncn(-c3ccc(OC(F)(F)F)cc3)n2)cc1. The quantitative estimate of drug-likeness (QED) is 0.185. The number of hydrogen-bond acceptors (Lipinski definition) is 5. The number of nitrogens with one attached hydrogen (secondary N) is 1. The molecule has 12 heteroatoms. The molecule has 2 amide bonds. The number of carbonyl (C=O) groups is 1. The van der Waals surface area contributed by atoms with Crippen molar-refractivity contribution < 1.29 is 22.7 Å². The molecule has 0 saturated carbocycles. The van der Waals surface area contributed by atoms with Crippen LogP contribution in [0.1, 0.15) is 37.3 Å². The zero-order valence-corrected chi connectivity index (χ0v) is 25.1. The van der Waals surface area contributed by atoms with Crippen LogP contribution in [0, 0.1) is 0 Å². The Morgan fingerprint density at radius 3 is 2.57 bits per heavy atom. The topological polar surface area (TPSA) is 84.6 Å². The van der Waals surface area contributed by atoms with Crippen molar-refractivity contribution in [2.24, 2.45) is 4.99 Å². The van der Waals surface area contributed by atoms with Gasteiger partial charge in [-0.25, -0.2) is 14.5 Å². The van der Waals surface area contributed by atoms with Gasteiger partial charge in [0.15, 0.2) is 11.0 Å². The summed E-state index contributed by atoms with van der Waals surface area (Å²) in [5, 5.41) is 8.13. The van der Waals surface area contributed by atoms with Crippen LogP contribution in [0.2, 0.25) is 0 Å². The Hall–Kier alpha value is -4.32. The zero-order valence-electron chi connectivity index (χ0n) is 24.3. The van der Waals surface area contributed by atoms with Gasteiger partial charge in [0.2, 0.25) is 0 Å². The number of aromatic nitrogens is 3. The van der Waals surface area contributed by atoms with E-state index in [0.717, 1.165) is 66.4 Å². The van der Waals surface area contributed by atoms with E-state index >= 15 is 0 Å². The van der Waals surface area contributed by atoms with Crippen molar-refractivity contribution in [1.82, 2.24) is 20.1 Å². The van der Waals surface area contributed by atoms with Gasteiger partial charge in [0, 0.05) is 30.1 Å². The number of urea groups is 1. The monoisotopic (exact) mass is 622 g/mol. The third kappa shape index (κ3) is 8.40. The second kappa shape index (κ2) is 14.4. The molecule has 2 heterocycles. The van der Waals surface area contributed by atoms with E-state index in [4.69, 9.17) is 0 Å². The van der Waals surface area contributed by atoms with Gasteiger partial charge >= 0.3 is 12.4 Å². The number of carbonyl (C=O) groups excluding carboxylic acids is 1. The Morgan fingerprint density at radius 1 is 1.05 bits per heavy atom. The van der Waals surface area contributed by atoms with Crippen LogP contribution in [0.15, 0.2) is 84.1 Å². The van der Waals surface area contributed by atoms with Crippen molar-refractivity contribution in [3.8, 4) is 22.8 Å². The van der Waals surface area contributed by atoms with Gasteiger partial charge in [0.25, 0.3) is 0 Å². The first kappa shape index (κ1) is 31.1. The first-order chi connectivity index (χ1) is 21.3. The number of unbranched alkanes of at least 4 members (excludes halogenated alkanes) is 1. The van der Waals surface area contributed by atoms with Gasteiger partial charge in [-0.1, -0.05) is 61.2 Å². The minimum atomic E-state index is -4.74. The molecule has 8 nitrogen and oxygen atoms in total. The molecular weight excluding hydrogens is 589 g/mol. The lowest BCUT2D eigenvalue weighted by Gasteiger charge is -2.31. The lowest BCUT2D eigenvalue weighted by Crippen LogP contribution is -2.36. The van der Waals surface area contributed by atoms with Crippen LogP contribution >= 0.6 is 11.8 Å². The molecule has 0 radical (unpaired) electrons. The van der Waals surface area contributed by atoms with Gasteiger partial charge in [-0.15, -0.1) is 18.3 Å². The second-order valence-electron chi connectivity index (χ2n) is 10.2. The molecule has 4 aromatic rings. The number of hydrogen-bond donors (Lipinski definition) is 1. The summed E-state index contributed by atoms with van der Waals surface area (Å²) < 4.78 is 42.6. The first-order valence-corrected chi connectivity index (χ1v) is 15.5. The molecule has 0 aliphatic carbocycles. The fraction of sp³-hybridized carbons (Fsp3) is 0.312. The van der Waals surface area contributed by atoms with Crippen molar-refractivity contribution >= 4 is 28.6 Å². The van der Waals surface area contributed by atoms with E-state index in [-0.39, 0.29) is 11.8 Å². The van der Waals surface area contributed by atoms with E-state index in [1.807, 2.05) is 36.4 Å². The fourth-order valence-corrected chi connectivity index (χ4v) is 5.81. The number of halogens is 3. The highest BCUT2D eigenvalue weighted by atomic mass is 32.2. The predicted molar refractivity (Wildman–Crippen MR) is 167 cm³/mol. The third-order valence-corrected chi connectivity index (χ3v) is 8.12. The maximum Gasteiger partial charge on any atom is 0.573 e. The van der Waals surface area contributed by atoms with E-state index in [1.165, 1.54) is 40.8 Å². The number of aryl methyl sites for hydroxylation is 2. The smallest absolute Gasteiger partial charge is 0.406 e. The summed E-state index contributed by atoms with van der Waals surface area (Å²) in [5.41, 5.74) is 4.91. The largest absolute Gasteiger partial charge is 0.573 e. The number of para-hydroxylation sites is 1. The number of ether oxygens (including phenoxy) is 1. The van der Waals surface area contributed by atoms with E-state index in [2.05, 4.69) is 49.1 Å². The van der Waals surface area contributed by atoms with E-state index in [0.29, 0.717) is 18.1 Å². The molecule has 0 atom stereocenters. The summed E-state index contributed by atoms with van der Waals surface area (Å²) in [4.78, 5) is 23.5. The molecule has 1 N–H and O–H groups in total. The molecule has 230 valence electrons. The first-order valence-electron chi connectivity index (χ1n) is 14.5. The third-order valence-electron chi connectivity index (χ3n) is 7.06. The average molecular weight is 623 g/mol. The highest BCUT2D eigenvalue weighted by Crippen LogP contribution is 2.28. The maximum atomic E-state index is 12.6. The van der Waals surface area contributed by atoms with Gasteiger partial charge in [0.1, 0.15) is 12.1 Å². The summed E-state index contributed by atoms with van der Waals surface area (Å²) >= 11 is 1.62. The Kier molecular flexibility index (Phi) is 10.2. The van der Waals surface area contributed by atoms with E-state index < -0.39 is 6.36 Å². The molecule has 3 aromatic carbocycles. The number of aliphatic imine (C=N–C) groups is 1. The summed E-state index contributed by atoms with van der Waals surface area (Å²) in [7, 11) is 0. The summed E-state index contributed by atoms with van der Waals surface area (Å²) in [6.07, 6.45) is 1.33. The van der Waals surface area contributed by atoms with Crippen molar-refractivity contribution in [3.63, 3.8) is 0 Å². The van der Waals surface area contributed by atoms with Crippen LogP contribution in [0.3, 0.4) is 0 Å². The number of anilines is 1. The van der Waals surface area contributed by atoms with Gasteiger partial charge < -0.3 is 15.0 Å². The number of benzene rings is 3. The molecular formula is C32H33F3N6O2S. The van der Waals surface area contributed by atoms with Crippen LogP contribution in [0.4, 0.5) is 23.7 Å². The van der Waals surface area contributed by atoms with Crippen molar-refractivity contribution in [2.45, 2.75) is 45.4 Å². The molecule has 1 aliphatic heterocycles. The minimum Gasteiger partial charge on any atom is -0.406 e. The van der Waals surface area contributed by atoms with Crippen molar-refractivity contribution in [2.75, 3.05) is 23.7 Å². The molecule has 0 unspecified atom stereocenters. The molecule has 44 heavy (non-hydrogen) atoms. The Balaban J connectivity index is 1.08. The average Bonchev–Trinajstić information content (AvgIpc) is 3.51. The summed E-state index contributed by atoms with van der Waals surface area (Å²) in [6, 6.07) is 21.3. The van der Waals surface area contributed by atoms with Gasteiger partial charge in [0.05, 0.1) is 5.69 Å². The summed E-state index contributed by atoms with van der Waals surface area (Å²) in [5.74, 6) is 1.16. The van der Waals surface area contributed by atoms with E-state index in [1.54, 1.807) is 11.8 Å². The Bertz CT molecular complexity index is 1570. The molecule has 5 rings (SSSR count). The van der Waals surface area contributed by atoms with Gasteiger partial charge in [-0.2, -0.15) is 4.99 Å². The van der Waals surface area contributed by atoms with Crippen LogP contribution in [0.5, 0.6) is 5.75 Å². The molecule has 1 aliphatic rings. The maximum absolute atomic E-state index is 12.6.